The van der Waals surface area contributed by atoms with Crippen molar-refractivity contribution >= 4 is 34.3 Å². The Morgan fingerprint density at radius 1 is 1.31 bits per heavy atom. The molecule has 29 heavy (non-hydrogen) atoms. The number of halogens is 1. The van der Waals surface area contributed by atoms with E-state index < -0.39 is 5.60 Å². The number of pyridine rings is 2. The molecule has 1 atom stereocenters. The van der Waals surface area contributed by atoms with Crippen molar-refractivity contribution in [3.05, 3.63) is 29.2 Å². The summed E-state index contributed by atoms with van der Waals surface area (Å²) in [5.74, 6) is 1.25. The van der Waals surface area contributed by atoms with Crippen LogP contribution in [0.25, 0.3) is 10.8 Å². The van der Waals surface area contributed by atoms with Gasteiger partial charge in [-0.15, -0.1) is 0 Å². The fourth-order valence-electron chi connectivity index (χ4n) is 3.84. The van der Waals surface area contributed by atoms with E-state index in [1.165, 1.54) is 0 Å². The third-order valence-electron chi connectivity index (χ3n) is 5.21. The van der Waals surface area contributed by atoms with Gasteiger partial charge in [-0.05, 0) is 56.5 Å². The number of anilines is 1. The Balaban J connectivity index is 1.89. The minimum atomic E-state index is -0.504. The van der Waals surface area contributed by atoms with Crippen molar-refractivity contribution in [2.45, 2.75) is 65.0 Å². The summed E-state index contributed by atoms with van der Waals surface area (Å²) in [6.07, 6.45) is 5.53. The molecule has 3 heterocycles. The zero-order valence-corrected chi connectivity index (χ0v) is 19.0. The van der Waals surface area contributed by atoms with Crippen molar-refractivity contribution in [2.24, 2.45) is 0 Å². The van der Waals surface area contributed by atoms with Gasteiger partial charge in [-0.2, -0.15) is 0 Å². The second-order valence-electron chi connectivity index (χ2n) is 9.09. The standard InChI is InChI=1S/C22H31ClN4O2/c1-14(2)17-11-25-20(18-12-24-19(23)10-16(17)18)27-9-7-8-15(27)13-26(6)21(28)29-22(3,4)5/h10-12,14-15H,7-9,13H2,1-6H3/t15-/m0/s1. The molecule has 0 N–H and O–H groups in total. The summed E-state index contributed by atoms with van der Waals surface area (Å²) >= 11 is 6.19. The number of hydrogen-bond acceptors (Lipinski definition) is 5. The highest BCUT2D eigenvalue weighted by Gasteiger charge is 2.31. The maximum absolute atomic E-state index is 12.4. The fraction of sp³-hybridized carbons (Fsp3) is 0.591. The molecule has 1 aliphatic heterocycles. The minimum Gasteiger partial charge on any atom is -0.444 e. The number of rotatable bonds is 4. The van der Waals surface area contributed by atoms with Gasteiger partial charge in [-0.25, -0.2) is 14.8 Å². The van der Waals surface area contributed by atoms with Crippen LogP contribution in [0.15, 0.2) is 18.5 Å². The van der Waals surface area contributed by atoms with Crippen molar-refractivity contribution < 1.29 is 9.53 Å². The van der Waals surface area contributed by atoms with Crippen LogP contribution in [-0.2, 0) is 4.74 Å². The first-order valence-electron chi connectivity index (χ1n) is 10.2. The SMILES string of the molecule is CC(C)c1cnc(N2CCC[C@H]2CN(C)C(=O)OC(C)(C)C)c2cnc(Cl)cc12. The van der Waals surface area contributed by atoms with Crippen LogP contribution in [0.2, 0.25) is 5.15 Å². The van der Waals surface area contributed by atoms with Gasteiger partial charge in [0, 0.05) is 44.0 Å². The Morgan fingerprint density at radius 2 is 2.03 bits per heavy atom. The quantitative estimate of drug-likeness (QED) is 0.635. The number of likely N-dealkylation sites (N-methyl/N-ethyl adjacent to an activating group) is 1. The summed E-state index contributed by atoms with van der Waals surface area (Å²) in [5, 5.41) is 2.59. The first-order valence-corrected chi connectivity index (χ1v) is 10.6. The number of hydrogen-bond donors (Lipinski definition) is 0. The Hall–Kier alpha value is -2.08. The van der Waals surface area contributed by atoms with Crippen LogP contribution in [0.3, 0.4) is 0 Å². The Labute approximate surface area is 178 Å². The first kappa shape index (κ1) is 21.6. The van der Waals surface area contributed by atoms with Crippen LogP contribution >= 0.6 is 11.6 Å². The summed E-state index contributed by atoms with van der Waals surface area (Å²) in [5.41, 5.74) is 0.658. The predicted octanol–water partition coefficient (Wildman–Crippen LogP) is 5.24. The van der Waals surface area contributed by atoms with Gasteiger partial charge < -0.3 is 14.5 Å². The van der Waals surface area contributed by atoms with E-state index in [2.05, 4.69) is 23.7 Å². The molecule has 0 unspecified atom stereocenters. The van der Waals surface area contributed by atoms with Crippen molar-refractivity contribution in [1.82, 2.24) is 14.9 Å². The molecule has 6 nitrogen and oxygen atoms in total. The maximum atomic E-state index is 12.4. The predicted molar refractivity (Wildman–Crippen MR) is 118 cm³/mol. The normalized spacial score (nSPS) is 17.2. The molecule has 1 saturated heterocycles. The summed E-state index contributed by atoms with van der Waals surface area (Å²) in [6.45, 7) is 11.4. The summed E-state index contributed by atoms with van der Waals surface area (Å²) < 4.78 is 5.50. The van der Waals surface area contributed by atoms with E-state index in [1.54, 1.807) is 11.9 Å². The molecular weight excluding hydrogens is 388 g/mol. The highest BCUT2D eigenvalue weighted by molar-refractivity contribution is 6.30. The topological polar surface area (TPSA) is 58.6 Å². The van der Waals surface area contributed by atoms with Crippen molar-refractivity contribution in [2.75, 3.05) is 25.0 Å². The van der Waals surface area contributed by atoms with Crippen LogP contribution in [0, 0.1) is 0 Å². The van der Waals surface area contributed by atoms with E-state index in [4.69, 9.17) is 21.3 Å². The van der Waals surface area contributed by atoms with Gasteiger partial charge in [0.15, 0.2) is 0 Å². The summed E-state index contributed by atoms with van der Waals surface area (Å²) in [4.78, 5) is 25.5. The number of amides is 1. The molecule has 158 valence electrons. The van der Waals surface area contributed by atoms with Crippen molar-refractivity contribution in [1.29, 1.82) is 0 Å². The third-order valence-corrected chi connectivity index (χ3v) is 5.42. The average molecular weight is 419 g/mol. The maximum Gasteiger partial charge on any atom is 0.410 e. The number of aromatic nitrogens is 2. The van der Waals surface area contributed by atoms with Crippen LogP contribution in [0.1, 0.15) is 58.9 Å². The number of carbonyl (C=O) groups is 1. The lowest BCUT2D eigenvalue weighted by atomic mass is 9.99. The molecule has 0 aromatic carbocycles. The molecule has 1 amide bonds. The molecular formula is C22H31ClN4O2. The number of fused-ring (bicyclic) bond motifs is 1. The van der Waals surface area contributed by atoms with E-state index in [1.807, 2.05) is 39.2 Å². The van der Waals surface area contributed by atoms with Gasteiger partial charge in [0.2, 0.25) is 0 Å². The fourth-order valence-corrected chi connectivity index (χ4v) is 4.00. The molecule has 7 heteroatoms. The lowest BCUT2D eigenvalue weighted by Crippen LogP contribution is -2.43. The van der Waals surface area contributed by atoms with Crippen LogP contribution in [0.4, 0.5) is 10.6 Å². The minimum absolute atomic E-state index is 0.184. The van der Waals surface area contributed by atoms with Gasteiger partial charge >= 0.3 is 6.09 Å². The van der Waals surface area contributed by atoms with Gasteiger partial charge in [0.1, 0.15) is 16.6 Å². The van der Waals surface area contributed by atoms with Crippen LogP contribution in [-0.4, -0.2) is 52.7 Å². The molecule has 1 aliphatic rings. The summed E-state index contributed by atoms with van der Waals surface area (Å²) in [7, 11) is 1.79. The second-order valence-corrected chi connectivity index (χ2v) is 9.48. The zero-order chi connectivity index (χ0) is 21.3. The average Bonchev–Trinajstić information content (AvgIpc) is 3.06. The Kier molecular flexibility index (Phi) is 6.22. The molecule has 2 aromatic rings. The molecule has 0 spiro atoms. The van der Waals surface area contributed by atoms with E-state index in [9.17, 15) is 4.79 Å². The second kappa shape index (κ2) is 8.34. The van der Waals surface area contributed by atoms with Gasteiger partial charge in [0.25, 0.3) is 0 Å². The first-order chi connectivity index (χ1) is 13.6. The molecule has 1 fully saturated rings. The summed E-state index contributed by atoms with van der Waals surface area (Å²) in [6, 6.07) is 2.11. The molecule has 2 aromatic heterocycles. The van der Waals surface area contributed by atoms with Crippen LogP contribution in [0.5, 0.6) is 0 Å². The van der Waals surface area contributed by atoms with Crippen LogP contribution < -0.4 is 4.90 Å². The lowest BCUT2D eigenvalue weighted by Gasteiger charge is -2.31. The molecule has 0 bridgehead atoms. The monoisotopic (exact) mass is 418 g/mol. The van der Waals surface area contributed by atoms with Gasteiger partial charge in [0.05, 0.1) is 0 Å². The third kappa shape index (κ3) is 4.92. The largest absolute Gasteiger partial charge is 0.444 e. The van der Waals surface area contributed by atoms with E-state index >= 15 is 0 Å². The van der Waals surface area contributed by atoms with E-state index in [-0.39, 0.29) is 12.1 Å². The molecule has 3 rings (SSSR count). The Bertz CT molecular complexity index is 894. The molecule has 0 aliphatic carbocycles. The lowest BCUT2D eigenvalue weighted by molar-refractivity contribution is 0.0290. The molecule has 0 radical (unpaired) electrons. The van der Waals surface area contributed by atoms with Gasteiger partial charge in [-0.3, -0.25) is 0 Å². The smallest absolute Gasteiger partial charge is 0.410 e. The van der Waals surface area contributed by atoms with Crippen molar-refractivity contribution in [3.8, 4) is 0 Å². The molecule has 0 saturated carbocycles. The highest BCUT2D eigenvalue weighted by Crippen LogP contribution is 2.35. The zero-order valence-electron chi connectivity index (χ0n) is 18.2. The number of ether oxygens (including phenoxy) is 1. The van der Waals surface area contributed by atoms with E-state index in [0.717, 1.165) is 41.5 Å². The van der Waals surface area contributed by atoms with Gasteiger partial charge in [-0.1, -0.05) is 25.4 Å². The van der Waals surface area contributed by atoms with Crippen molar-refractivity contribution in [3.63, 3.8) is 0 Å². The highest BCUT2D eigenvalue weighted by atomic mass is 35.5. The van der Waals surface area contributed by atoms with E-state index in [0.29, 0.717) is 17.6 Å². The Morgan fingerprint density at radius 3 is 2.69 bits per heavy atom. The number of carbonyl (C=O) groups excluding carboxylic acids is 1. The number of nitrogens with zero attached hydrogens (tertiary/aromatic N) is 4.